The van der Waals surface area contributed by atoms with E-state index in [9.17, 15) is 18.0 Å². The molecule has 10 nitrogen and oxygen atoms in total. The summed E-state index contributed by atoms with van der Waals surface area (Å²) in [5.41, 5.74) is 6.93. The molecular weight excluding hydrogens is 477 g/mol. The SMILES string of the molecule is CN(C)CCOc1ccc(NC(=O)Nc2ccc(-n3cnc4c(N)ncnc43)cc2)cc1C(F)(F)F. The lowest BCUT2D eigenvalue weighted by Gasteiger charge is -2.17. The molecule has 0 saturated carbocycles. The van der Waals surface area contributed by atoms with Crippen LogP contribution in [0.25, 0.3) is 16.9 Å². The summed E-state index contributed by atoms with van der Waals surface area (Å²) in [5, 5.41) is 5.01. The number of nitrogens with two attached hydrogens (primary N) is 1. The van der Waals surface area contributed by atoms with Crippen molar-refractivity contribution < 1.29 is 22.7 Å². The maximum absolute atomic E-state index is 13.5. The summed E-state index contributed by atoms with van der Waals surface area (Å²) in [4.78, 5) is 26.5. The summed E-state index contributed by atoms with van der Waals surface area (Å²) in [5.74, 6) is -0.0412. The Morgan fingerprint density at radius 1 is 1.06 bits per heavy atom. The standard InChI is InChI=1S/C23H23F3N8O2/c1-33(2)9-10-36-18-8-5-15(11-17(18)23(24,25)26)32-22(35)31-14-3-6-16(7-4-14)34-13-30-19-20(27)28-12-29-21(19)34/h3-8,11-13H,9-10H2,1-2H3,(H2,27,28,29)(H2,31,32,35). The van der Waals surface area contributed by atoms with Gasteiger partial charge in [-0.1, -0.05) is 0 Å². The van der Waals surface area contributed by atoms with Crippen LogP contribution >= 0.6 is 0 Å². The first-order chi connectivity index (χ1) is 17.1. The number of anilines is 3. The molecule has 0 bridgehead atoms. The monoisotopic (exact) mass is 500 g/mol. The van der Waals surface area contributed by atoms with Crippen molar-refractivity contribution in [3.05, 3.63) is 60.7 Å². The molecule has 2 amide bonds. The number of urea groups is 1. The lowest BCUT2D eigenvalue weighted by molar-refractivity contribution is -0.138. The largest absolute Gasteiger partial charge is 0.492 e. The minimum absolute atomic E-state index is 0.0291. The van der Waals surface area contributed by atoms with E-state index in [1.54, 1.807) is 54.2 Å². The highest BCUT2D eigenvalue weighted by Gasteiger charge is 2.35. The molecule has 0 fully saturated rings. The van der Waals surface area contributed by atoms with Gasteiger partial charge >= 0.3 is 12.2 Å². The van der Waals surface area contributed by atoms with Crippen LogP contribution < -0.4 is 21.1 Å². The van der Waals surface area contributed by atoms with Gasteiger partial charge in [0.05, 0.1) is 5.56 Å². The second-order valence-electron chi connectivity index (χ2n) is 8.03. The van der Waals surface area contributed by atoms with Crippen LogP contribution in [0.5, 0.6) is 5.75 Å². The normalized spacial score (nSPS) is 11.6. The number of imidazole rings is 1. The second kappa shape index (κ2) is 10.1. The zero-order chi connectivity index (χ0) is 25.9. The number of nitrogen functional groups attached to an aromatic ring is 1. The number of amides is 2. The van der Waals surface area contributed by atoms with Gasteiger partial charge in [-0.2, -0.15) is 13.2 Å². The van der Waals surface area contributed by atoms with Crippen LogP contribution in [0.1, 0.15) is 5.56 Å². The second-order valence-corrected chi connectivity index (χ2v) is 8.03. The fourth-order valence-corrected chi connectivity index (χ4v) is 3.33. The van der Waals surface area contributed by atoms with Crippen LogP contribution in [0.15, 0.2) is 55.1 Å². The van der Waals surface area contributed by atoms with E-state index < -0.39 is 17.8 Å². The summed E-state index contributed by atoms with van der Waals surface area (Å²) in [6, 6.07) is 9.38. The van der Waals surface area contributed by atoms with Crippen molar-refractivity contribution in [2.24, 2.45) is 0 Å². The van der Waals surface area contributed by atoms with Crippen molar-refractivity contribution in [2.75, 3.05) is 43.6 Å². The molecule has 4 N–H and O–H groups in total. The Labute approximate surface area is 203 Å². The highest BCUT2D eigenvalue weighted by molar-refractivity contribution is 6.00. The van der Waals surface area contributed by atoms with Gasteiger partial charge in [0.1, 0.15) is 25.0 Å². The molecule has 4 aromatic rings. The van der Waals surface area contributed by atoms with Crippen LogP contribution in [-0.2, 0) is 6.18 Å². The van der Waals surface area contributed by atoms with Crippen molar-refractivity contribution in [3.63, 3.8) is 0 Å². The van der Waals surface area contributed by atoms with Gasteiger partial charge in [-0.15, -0.1) is 0 Å². The molecule has 36 heavy (non-hydrogen) atoms. The predicted octanol–water partition coefficient (Wildman–Crippen LogP) is 4.00. The number of benzene rings is 2. The Hall–Kier alpha value is -4.39. The molecule has 0 radical (unpaired) electrons. The van der Waals surface area contributed by atoms with Gasteiger partial charge in [-0.3, -0.25) is 4.57 Å². The lowest BCUT2D eigenvalue weighted by atomic mass is 10.1. The number of ether oxygens (including phenoxy) is 1. The van der Waals surface area contributed by atoms with E-state index >= 15 is 0 Å². The van der Waals surface area contributed by atoms with Gasteiger partial charge < -0.3 is 26.0 Å². The fourth-order valence-electron chi connectivity index (χ4n) is 3.33. The summed E-state index contributed by atoms with van der Waals surface area (Å²) in [6.07, 6.45) is -1.76. The third-order valence-electron chi connectivity index (χ3n) is 5.10. The van der Waals surface area contributed by atoms with E-state index in [0.717, 1.165) is 6.07 Å². The van der Waals surface area contributed by atoms with E-state index in [1.807, 2.05) is 0 Å². The number of hydrogen-bond acceptors (Lipinski definition) is 7. The van der Waals surface area contributed by atoms with Gasteiger partial charge in [0.2, 0.25) is 0 Å². The smallest absolute Gasteiger partial charge is 0.420 e. The minimum atomic E-state index is -4.65. The summed E-state index contributed by atoms with van der Waals surface area (Å²) >= 11 is 0. The Bertz CT molecular complexity index is 1370. The summed E-state index contributed by atoms with van der Waals surface area (Å²) in [6.45, 7) is 0.548. The zero-order valence-electron chi connectivity index (χ0n) is 19.4. The van der Waals surface area contributed by atoms with Gasteiger partial charge in [-0.05, 0) is 56.6 Å². The molecule has 4 rings (SSSR count). The van der Waals surface area contributed by atoms with Crippen LogP contribution in [0, 0.1) is 0 Å². The average molecular weight is 500 g/mol. The molecular formula is C23H23F3N8O2. The minimum Gasteiger partial charge on any atom is -0.492 e. The molecule has 0 unspecified atom stereocenters. The number of likely N-dealkylation sites (N-methyl/N-ethyl adjacent to an activating group) is 1. The van der Waals surface area contributed by atoms with E-state index in [-0.39, 0.29) is 23.9 Å². The van der Waals surface area contributed by atoms with Crippen molar-refractivity contribution in [1.82, 2.24) is 24.4 Å². The van der Waals surface area contributed by atoms with Crippen LogP contribution in [-0.4, -0.2) is 57.7 Å². The molecule has 2 heterocycles. The first kappa shape index (κ1) is 24.7. The molecule has 0 aliphatic heterocycles. The predicted molar refractivity (Wildman–Crippen MR) is 129 cm³/mol. The third-order valence-corrected chi connectivity index (χ3v) is 5.10. The first-order valence-electron chi connectivity index (χ1n) is 10.7. The molecule has 0 atom stereocenters. The Morgan fingerprint density at radius 2 is 1.75 bits per heavy atom. The number of nitrogens with zero attached hydrogens (tertiary/aromatic N) is 5. The zero-order valence-corrected chi connectivity index (χ0v) is 19.4. The van der Waals surface area contributed by atoms with Crippen molar-refractivity contribution >= 4 is 34.4 Å². The number of rotatable bonds is 7. The number of fused-ring (bicyclic) bond motifs is 1. The molecule has 188 valence electrons. The molecule has 0 aliphatic rings. The number of hydrogen-bond donors (Lipinski definition) is 3. The topological polar surface area (TPSA) is 123 Å². The van der Waals surface area contributed by atoms with Gasteiger partial charge in [0.15, 0.2) is 17.0 Å². The van der Waals surface area contributed by atoms with E-state index in [2.05, 4.69) is 25.6 Å². The molecule has 2 aromatic carbocycles. The number of nitrogens with one attached hydrogen (secondary N) is 2. The number of halogens is 3. The van der Waals surface area contributed by atoms with Crippen LogP contribution in [0.3, 0.4) is 0 Å². The number of alkyl halides is 3. The van der Waals surface area contributed by atoms with Gasteiger partial charge in [0.25, 0.3) is 0 Å². The van der Waals surface area contributed by atoms with Gasteiger partial charge in [0, 0.05) is 23.6 Å². The van der Waals surface area contributed by atoms with E-state index in [1.165, 1.54) is 18.5 Å². The van der Waals surface area contributed by atoms with Crippen molar-refractivity contribution in [3.8, 4) is 11.4 Å². The molecule has 2 aromatic heterocycles. The maximum atomic E-state index is 13.5. The van der Waals surface area contributed by atoms with E-state index in [4.69, 9.17) is 10.5 Å². The molecule has 0 aliphatic carbocycles. The number of aromatic nitrogens is 4. The third kappa shape index (κ3) is 5.63. The van der Waals surface area contributed by atoms with E-state index in [0.29, 0.717) is 29.1 Å². The first-order valence-corrected chi connectivity index (χ1v) is 10.7. The number of carbonyl (C=O) groups is 1. The van der Waals surface area contributed by atoms with Gasteiger partial charge in [-0.25, -0.2) is 19.7 Å². The summed E-state index contributed by atoms with van der Waals surface area (Å²) in [7, 11) is 3.58. The lowest BCUT2D eigenvalue weighted by Crippen LogP contribution is -2.21. The quantitative estimate of drug-likeness (QED) is 0.350. The number of carbonyl (C=O) groups excluding carboxylic acids is 1. The molecule has 0 saturated heterocycles. The van der Waals surface area contributed by atoms with Crippen molar-refractivity contribution in [1.29, 1.82) is 0 Å². The Morgan fingerprint density at radius 3 is 2.44 bits per heavy atom. The highest BCUT2D eigenvalue weighted by atomic mass is 19.4. The maximum Gasteiger partial charge on any atom is 0.420 e. The highest BCUT2D eigenvalue weighted by Crippen LogP contribution is 2.38. The Kier molecular flexibility index (Phi) is 6.92. The molecule has 0 spiro atoms. The van der Waals surface area contributed by atoms with Crippen molar-refractivity contribution in [2.45, 2.75) is 6.18 Å². The average Bonchev–Trinajstić information content (AvgIpc) is 3.25. The summed E-state index contributed by atoms with van der Waals surface area (Å²) < 4.78 is 47.6. The Balaban J connectivity index is 1.44. The molecule has 13 heteroatoms. The van der Waals surface area contributed by atoms with Crippen LogP contribution in [0.2, 0.25) is 0 Å². The fraction of sp³-hybridized carbons (Fsp3) is 0.217. The van der Waals surface area contributed by atoms with Crippen LogP contribution in [0.4, 0.5) is 35.2 Å².